The Morgan fingerprint density at radius 2 is 2.03 bits per heavy atom. The zero-order valence-corrected chi connectivity index (χ0v) is 18.0. The van der Waals surface area contributed by atoms with Crippen LogP contribution in [-0.4, -0.2) is 84.4 Å². The minimum absolute atomic E-state index is 0.0792. The number of hydrogen-bond acceptors (Lipinski definition) is 5. The van der Waals surface area contributed by atoms with Crippen molar-refractivity contribution in [3.8, 4) is 0 Å². The van der Waals surface area contributed by atoms with E-state index in [1.807, 2.05) is 32.0 Å². The van der Waals surface area contributed by atoms with Gasteiger partial charge in [0.15, 0.2) is 0 Å². The van der Waals surface area contributed by atoms with E-state index in [4.69, 9.17) is 4.74 Å². The van der Waals surface area contributed by atoms with Gasteiger partial charge in [-0.25, -0.2) is 0 Å². The van der Waals surface area contributed by atoms with Gasteiger partial charge in [0, 0.05) is 31.8 Å². The predicted molar refractivity (Wildman–Crippen MR) is 111 cm³/mol. The minimum atomic E-state index is -0.741. The van der Waals surface area contributed by atoms with Crippen LogP contribution in [0.1, 0.15) is 34.3 Å². The van der Waals surface area contributed by atoms with Crippen LogP contribution in [0.5, 0.6) is 0 Å². The molecule has 3 aliphatic rings. The Balaban J connectivity index is 1.57. The molecule has 9 nitrogen and oxygen atoms in total. The molecule has 3 saturated heterocycles. The summed E-state index contributed by atoms with van der Waals surface area (Å²) in [6.07, 6.45) is 0.880. The van der Waals surface area contributed by atoms with Gasteiger partial charge in [-0.05, 0) is 38.3 Å². The fraction of sp³-hybridized carbons (Fsp3) is 0.545. The van der Waals surface area contributed by atoms with Gasteiger partial charge >= 0.3 is 0 Å². The number of nitrogens with zero attached hydrogens (tertiary/aromatic N) is 2. The molecular weight excluding hydrogens is 400 g/mol. The number of rotatable bonds is 4. The average molecular weight is 428 g/mol. The lowest BCUT2D eigenvalue weighted by Gasteiger charge is -2.29. The molecular formula is C22H28N4O5. The molecule has 9 heteroatoms. The first kappa shape index (κ1) is 21.3. The van der Waals surface area contributed by atoms with Crippen molar-refractivity contribution in [2.24, 2.45) is 0 Å². The zero-order valence-electron chi connectivity index (χ0n) is 18.0. The Labute approximate surface area is 181 Å². The molecule has 0 bridgehead atoms. The van der Waals surface area contributed by atoms with Gasteiger partial charge in [-0.15, -0.1) is 0 Å². The number of ether oxygens (including phenoxy) is 1. The second kappa shape index (κ2) is 8.30. The van der Waals surface area contributed by atoms with Gasteiger partial charge < -0.3 is 25.2 Å². The third kappa shape index (κ3) is 3.89. The Hall–Kier alpha value is -2.94. The second-order valence-electron chi connectivity index (χ2n) is 8.61. The standard InChI is InChI=1S/C22H28N4O5/c1-12-4-5-13(2)15(8-12)21(29)25-7-6-16-19(25)22(30)26-10-14(23-18(27)11-31-3)9-17(26)20(28)24-16/h4-5,8,14,16-17,19H,6-7,9-11H2,1-3H3,(H,23,27)(H,24,28). The first-order valence-electron chi connectivity index (χ1n) is 10.6. The summed E-state index contributed by atoms with van der Waals surface area (Å²) in [5, 5.41) is 5.78. The zero-order chi connectivity index (χ0) is 22.3. The first-order chi connectivity index (χ1) is 14.8. The maximum atomic E-state index is 13.5. The molecule has 166 valence electrons. The number of likely N-dealkylation sites (tertiary alicyclic amines) is 1. The SMILES string of the molecule is COCC(=O)NC1CC2C(=O)NC3CCN(C(=O)c4cc(C)ccc4C)C3C(=O)N2C1. The number of aryl methyl sites for hydroxylation is 2. The van der Waals surface area contributed by atoms with Gasteiger partial charge in [-0.1, -0.05) is 17.7 Å². The lowest BCUT2D eigenvalue weighted by molar-refractivity contribution is -0.138. The summed E-state index contributed by atoms with van der Waals surface area (Å²) in [4.78, 5) is 54.7. The molecule has 4 rings (SSSR count). The quantitative estimate of drug-likeness (QED) is 0.688. The largest absolute Gasteiger partial charge is 0.375 e. The third-order valence-electron chi connectivity index (χ3n) is 6.39. The maximum absolute atomic E-state index is 13.5. The van der Waals surface area contributed by atoms with Crippen LogP contribution in [-0.2, 0) is 19.1 Å². The van der Waals surface area contributed by atoms with E-state index in [1.54, 1.807) is 4.90 Å². The molecule has 0 aromatic heterocycles. The van der Waals surface area contributed by atoms with Gasteiger partial charge in [-0.3, -0.25) is 19.2 Å². The van der Waals surface area contributed by atoms with Crippen molar-refractivity contribution in [3.63, 3.8) is 0 Å². The van der Waals surface area contributed by atoms with E-state index in [0.29, 0.717) is 24.9 Å². The van der Waals surface area contributed by atoms with Gasteiger partial charge in [0.25, 0.3) is 5.91 Å². The van der Waals surface area contributed by atoms with Crippen LogP contribution in [0.15, 0.2) is 18.2 Å². The molecule has 31 heavy (non-hydrogen) atoms. The monoisotopic (exact) mass is 428 g/mol. The highest BCUT2D eigenvalue weighted by Crippen LogP contribution is 2.30. The predicted octanol–water partition coefficient (Wildman–Crippen LogP) is -0.252. The summed E-state index contributed by atoms with van der Waals surface area (Å²) >= 11 is 0. The lowest BCUT2D eigenvalue weighted by atomic mass is 10.0. The summed E-state index contributed by atoms with van der Waals surface area (Å²) in [6, 6.07) is 3.56. The lowest BCUT2D eigenvalue weighted by Crippen LogP contribution is -2.52. The van der Waals surface area contributed by atoms with Crippen LogP contribution in [0.25, 0.3) is 0 Å². The summed E-state index contributed by atoms with van der Waals surface area (Å²) in [6.45, 7) is 4.36. The van der Waals surface area contributed by atoms with Crippen molar-refractivity contribution in [1.82, 2.24) is 20.4 Å². The minimum Gasteiger partial charge on any atom is -0.375 e. The molecule has 0 saturated carbocycles. The fourth-order valence-electron chi connectivity index (χ4n) is 4.88. The first-order valence-corrected chi connectivity index (χ1v) is 10.6. The molecule has 1 aromatic carbocycles. The van der Waals surface area contributed by atoms with E-state index in [9.17, 15) is 19.2 Å². The van der Waals surface area contributed by atoms with Crippen molar-refractivity contribution in [3.05, 3.63) is 34.9 Å². The molecule has 3 aliphatic heterocycles. The molecule has 4 atom stereocenters. The number of nitrogens with one attached hydrogen (secondary N) is 2. The smallest absolute Gasteiger partial charge is 0.254 e. The Bertz CT molecular complexity index is 932. The van der Waals surface area contributed by atoms with Crippen LogP contribution in [0.2, 0.25) is 0 Å². The van der Waals surface area contributed by atoms with Gasteiger partial charge in [0.2, 0.25) is 17.7 Å². The van der Waals surface area contributed by atoms with Crippen molar-refractivity contribution in [2.75, 3.05) is 26.8 Å². The molecule has 0 aliphatic carbocycles. The van der Waals surface area contributed by atoms with Crippen LogP contribution < -0.4 is 10.6 Å². The highest BCUT2D eigenvalue weighted by atomic mass is 16.5. The number of benzene rings is 1. The van der Waals surface area contributed by atoms with Gasteiger partial charge in [0.1, 0.15) is 18.7 Å². The van der Waals surface area contributed by atoms with E-state index in [1.165, 1.54) is 12.0 Å². The van der Waals surface area contributed by atoms with Crippen molar-refractivity contribution in [1.29, 1.82) is 0 Å². The highest BCUT2D eigenvalue weighted by Gasteiger charge is 2.52. The fourth-order valence-corrected chi connectivity index (χ4v) is 4.88. The summed E-state index contributed by atoms with van der Waals surface area (Å²) in [5.74, 6) is -0.958. The summed E-state index contributed by atoms with van der Waals surface area (Å²) in [7, 11) is 1.43. The molecule has 1 aromatic rings. The van der Waals surface area contributed by atoms with Crippen molar-refractivity contribution in [2.45, 2.75) is 50.9 Å². The summed E-state index contributed by atoms with van der Waals surface area (Å²) in [5.41, 5.74) is 2.40. The number of hydrogen-bond donors (Lipinski definition) is 2. The number of methoxy groups -OCH3 is 1. The highest BCUT2D eigenvalue weighted by molar-refractivity contribution is 6.01. The van der Waals surface area contributed by atoms with Crippen LogP contribution in [0.4, 0.5) is 0 Å². The summed E-state index contributed by atoms with van der Waals surface area (Å²) < 4.78 is 4.84. The average Bonchev–Trinajstić information content (AvgIpc) is 3.31. The van der Waals surface area contributed by atoms with Crippen LogP contribution in [0.3, 0.4) is 0 Å². The van der Waals surface area contributed by atoms with E-state index in [2.05, 4.69) is 10.6 Å². The number of carbonyl (C=O) groups excluding carboxylic acids is 4. The van der Waals surface area contributed by atoms with E-state index in [0.717, 1.165) is 11.1 Å². The van der Waals surface area contributed by atoms with E-state index >= 15 is 0 Å². The molecule has 2 N–H and O–H groups in total. The van der Waals surface area contributed by atoms with Crippen molar-refractivity contribution < 1.29 is 23.9 Å². The van der Waals surface area contributed by atoms with E-state index < -0.39 is 18.1 Å². The second-order valence-corrected chi connectivity index (χ2v) is 8.61. The maximum Gasteiger partial charge on any atom is 0.254 e. The molecule has 0 radical (unpaired) electrons. The van der Waals surface area contributed by atoms with Crippen molar-refractivity contribution >= 4 is 23.6 Å². The topological polar surface area (TPSA) is 108 Å². The van der Waals surface area contributed by atoms with Crippen LogP contribution >= 0.6 is 0 Å². The third-order valence-corrected chi connectivity index (χ3v) is 6.39. The molecule has 3 heterocycles. The molecule has 4 amide bonds. The van der Waals surface area contributed by atoms with Gasteiger partial charge in [-0.2, -0.15) is 0 Å². The van der Waals surface area contributed by atoms with E-state index in [-0.39, 0.29) is 42.8 Å². The Morgan fingerprint density at radius 3 is 2.77 bits per heavy atom. The Kier molecular flexibility index (Phi) is 5.70. The molecule has 3 fully saturated rings. The normalized spacial score (nSPS) is 27.5. The van der Waals surface area contributed by atoms with Crippen LogP contribution in [0, 0.1) is 13.8 Å². The van der Waals surface area contributed by atoms with Gasteiger partial charge in [0.05, 0.1) is 6.04 Å². The molecule has 4 unspecified atom stereocenters. The number of amides is 4. The number of carbonyl (C=O) groups is 4. The number of fused-ring (bicyclic) bond motifs is 2. The molecule has 0 spiro atoms. The Morgan fingerprint density at radius 1 is 1.26 bits per heavy atom.